The molecule has 37 heavy (non-hydrogen) atoms. The lowest BCUT2D eigenvalue weighted by molar-refractivity contribution is -0.765. The van der Waals surface area contributed by atoms with E-state index in [0.29, 0.717) is 27.2 Å². The van der Waals surface area contributed by atoms with Gasteiger partial charge >= 0.3 is 5.88 Å². The number of nitrogens with two attached hydrogens (primary N) is 1. The van der Waals surface area contributed by atoms with Crippen LogP contribution in [0.5, 0.6) is 5.75 Å². The van der Waals surface area contributed by atoms with Crippen molar-refractivity contribution in [2.24, 2.45) is 0 Å². The van der Waals surface area contributed by atoms with Crippen molar-refractivity contribution >= 4 is 39.0 Å². The molecule has 1 saturated carbocycles. The maximum atomic E-state index is 14.9. The largest absolute Gasteiger partial charge is 0.497 e. The molecule has 3 aromatic heterocycles. The summed E-state index contributed by atoms with van der Waals surface area (Å²) in [5.74, 6) is -1.10. The number of amides is 1. The molecule has 3 heterocycles. The Balaban J connectivity index is 1.47. The van der Waals surface area contributed by atoms with Crippen LogP contribution >= 0.6 is 11.3 Å². The average Bonchev–Trinajstić information content (AvgIpc) is 3.55. The van der Waals surface area contributed by atoms with Crippen LogP contribution < -0.4 is 20.5 Å². The number of nitrogens with one attached hydrogen (secondary N) is 1. The van der Waals surface area contributed by atoms with E-state index in [9.17, 15) is 13.6 Å². The zero-order valence-electron chi connectivity index (χ0n) is 19.5. The van der Waals surface area contributed by atoms with Gasteiger partial charge in [-0.15, -0.1) is 11.3 Å². The molecule has 186 valence electrons. The number of fused-ring (bicyclic) bond motifs is 1. The van der Waals surface area contributed by atoms with Gasteiger partial charge in [0.05, 0.1) is 18.5 Å². The molecular formula is C26H20F2N5O3S+. The number of rotatable bonds is 6. The number of carbonyl (C=O) groups excluding carboxylic acids is 1. The number of hydrogen-bond donors (Lipinski definition) is 2. The molecule has 11 heteroatoms. The molecule has 0 unspecified atom stereocenters. The first kappa shape index (κ1) is 23.0. The Hall–Kier alpha value is -4.38. The summed E-state index contributed by atoms with van der Waals surface area (Å²) < 4.78 is 40.7. The second-order valence-corrected chi connectivity index (χ2v) is 9.66. The zero-order chi connectivity index (χ0) is 25.7. The van der Waals surface area contributed by atoms with E-state index in [1.807, 2.05) is 12.1 Å². The van der Waals surface area contributed by atoms with Crippen LogP contribution in [0.2, 0.25) is 0 Å². The third kappa shape index (κ3) is 4.27. The summed E-state index contributed by atoms with van der Waals surface area (Å²) in [4.78, 5) is 18.5. The van der Waals surface area contributed by atoms with Crippen LogP contribution in [0.25, 0.3) is 32.6 Å². The SMILES string of the molecule is COc1ccc(-c2cc(-c3ccc(F)cc3F)c3c(N)c(C(=O)Nc4c[n+](C5CC5)no4)sc3n2)cc1. The van der Waals surface area contributed by atoms with Crippen molar-refractivity contribution in [3.8, 4) is 28.1 Å². The lowest BCUT2D eigenvalue weighted by atomic mass is 9.99. The molecule has 0 spiro atoms. The minimum Gasteiger partial charge on any atom is -0.497 e. The summed E-state index contributed by atoms with van der Waals surface area (Å²) in [5, 5.41) is 7.01. The Kier molecular flexibility index (Phi) is 5.56. The van der Waals surface area contributed by atoms with Crippen molar-refractivity contribution in [2.45, 2.75) is 18.9 Å². The maximum absolute atomic E-state index is 14.9. The van der Waals surface area contributed by atoms with E-state index >= 15 is 0 Å². The summed E-state index contributed by atoms with van der Waals surface area (Å²) in [6, 6.07) is 12.5. The van der Waals surface area contributed by atoms with E-state index in [1.54, 1.807) is 36.2 Å². The summed E-state index contributed by atoms with van der Waals surface area (Å²) in [6.45, 7) is 0. The van der Waals surface area contributed by atoms with Crippen molar-refractivity contribution in [1.82, 2.24) is 10.3 Å². The third-order valence-corrected chi connectivity index (χ3v) is 7.25. The molecule has 1 aliphatic rings. The molecule has 1 amide bonds. The van der Waals surface area contributed by atoms with Gasteiger partial charge in [-0.2, -0.15) is 0 Å². The highest BCUT2D eigenvalue weighted by Gasteiger charge is 2.36. The number of thiophene rings is 1. The number of methoxy groups -OCH3 is 1. The van der Waals surface area contributed by atoms with Crippen molar-refractivity contribution in [3.63, 3.8) is 0 Å². The number of halogens is 2. The van der Waals surface area contributed by atoms with Gasteiger partial charge in [0.1, 0.15) is 27.1 Å². The molecule has 0 radical (unpaired) electrons. The quantitative estimate of drug-likeness (QED) is 0.292. The van der Waals surface area contributed by atoms with Crippen LogP contribution in [0.4, 0.5) is 20.4 Å². The molecule has 0 atom stereocenters. The smallest absolute Gasteiger partial charge is 0.302 e. The van der Waals surface area contributed by atoms with Gasteiger partial charge in [-0.25, -0.2) is 13.8 Å². The van der Waals surface area contributed by atoms with Gasteiger partial charge in [-0.1, -0.05) is 0 Å². The molecule has 6 rings (SSSR count). The molecular weight excluding hydrogens is 500 g/mol. The van der Waals surface area contributed by atoms with Gasteiger partial charge < -0.3 is 10.5 Å². The number of nitrogens with zero attached hydrogens (tertiary/aromatic N) is 3. The topological polar surface area (TPSA) is 107 Å². The van der Waals surface area contributed by atoms with Gasteiger partial charge in [0.2, 0.25) is 5.27 Å². The number of ether oxygens (including phenoxy) is 1. The Morgan fingerprint density at radius 2 is 1.95 bits per heavy atom. The van der Waals surface area contributed by atoms with Gasteiger partial charge in [0, 0.05) is 35.4 Å². The molecule has 8 nitrogen and oxygen atoms in total. The minimum absolute atomic E-state index is 0.139. The zero-order valence-corrected chi connectivity index (χ0v) is 20.3. The van der Waals surface area contributed by atoms with Gasteiger partial charge in [0.25, 0.3) is 12.1 Å². The van der Waals surface area contributed by atoms with Gasteiger partial charge in [-0.05, 0) is 52.7 Å². The van der Waals surface area contributed by atoms with Crippen LogP contribution in [0.1, 0.15) is 28.6 Å². The average molecular weight is 521 g/mol. The van der Waals surface area contributed by atoms with Crippen molar-refractivity contribution in [1.29, 1.82) is 0 Å². The molecule has 0 aliphatic heterocycles. The Labute approximate surface area is 213 Å². The van der Waals surface area contributed by atoms with Crippen LogP contribution in [0.3, 0.4) is 0 Å². The number of carbonyl (C=O) groups is 1. The van der Waals surface area contributed by atoms with E-state index in [2.05, 4.69) is 10.6 Å². The van der Waals surface area contributed by atoms with Crippen LogP contribution in [-0.2, 0) is 0 Å². The van der Waals surface area contributed by atoms with E-state index in [-0.39, 0.29) is 28.1 Å². The van der Waals surface area contributed by atoms with E-state index in [4.69, 9.17) is 20.0 Å². The van der Waals surface area contributed by atoms with Crippen LogP contribution in [0.15, 0.2) is 59.3 Å². The number of benzene rings is 2. The molecule has 1 fully saturated rings. The van der Waals surface area contributed by atoms with Crippen LogP contribution in [-0.4, -0.2) is 23.3 Å². The third-order valence-electron chi connectivity index (χ3n) is 6.15. The summed E-state index contributed by atoms with van der Waals surface area (Å²) in [5.41, 5.74) is 8.40. The summed E-state index contributed by atoms with van der Waals surface area (Å²) >= 11 is 1.07. The molecule has 0 bridgehead atoms. The van der Waals surface area contributed by atoms with Gasteiger partial charge in [-0.3, -0.25) is 14.6 Å². The normalized spacial score (nSPS) is 13.2. The first-order valence-electron chi connectivity index (χ1n) is 11.4. The van der Waals surface area contributed by atoms with E-state index in [0.717, 1.165) is 35.8 Å². The standard InChI is InChI=1S/C26H19F2N5O3S/c1-35-16-7-2-13(3-8-16)20-11-18(17-9-4-14(27)10-19(17)28)22-23(29)24(37-26(22)30-20)25(34)31-21-12-33(32-36-21)15-5-6-15/h2-4,7-12,15H,5-6H2,1H3,(H2-,29,31,32,34)/p+1. The molecule has 1 aliphatic carbocycles. The summed E-state index contributed by atoms with van der Waals surface area (Å²) in [7, 11) is 1.57. The first-order valence-corrected chi connectivity index (χ1v) is 12.3. The first-order chi connectivity index (χ1) is 17.9. The number of hydrogen-bond acceptors (Lipinski definition) is 7. The monoisotopic (exact) mass is 520 g/mol. The van der Waals surface area contributed by atoms with Crippen molar-refractivity contribution < 1.29 is 27.5 Å². The number of anilines is 2. The number of pyridine rings is 1. The highest BCUT2D eigenvalue weighted by atomic mass is 32.1. The highest BCUT2D eigenvalue weighted by molar-refractivity contribution is 7.21. The Morgan fingerprint density at radius 3 is 2.65 bits per heavy atom. The van der Waals surface area contributed by atoms with Crippen molar-refractivity contribution in [2.75, 3.05) is 18.2 Å². The molecule has 3 N–H and O–H groups in total. The van der Waals surface area contributed by atoms with E-state index < -0.39 is 17.5 Å². The van der Waals surface area contributed by atoms with Crippen LogP contribution in [0, 0.1) is 11.6 Å². The fraction of sp³-hybridized carbons (Fsp3) is 0.154. The number of aromatic nitrogens is 3. The second-order valence-electron chi connectivity index (χ2n) is 8.66. The maximum Gasteiger partial charge on any atom is 0.302 e. The Bertz CT molecular complexity index is 1660. The molecule has 0 saturated heterocycles. The van der Waals surface area contributed by atoms with Crippen molar-refractivity contribution in [3.05, 3.63) is 71.2 Å². The number of nitrogen functional groups attached to an aromatic ring is 1. The molecule has 2 aromatic carbocycles. The Morgan fingerprint density at radius 1 is 1.16 bits per heavy atom. The lowest BCUT2D eigenvalue weighted by Crippen LogP contribution is -2.32. The molecule has 5 aromatic rings. The lowest BCUT2D eigenvalue weighted by Gasteiger charge is -2.10. The predicted octanol–water partition coefficient (Wildman–Crippen LogP) is 5.36. The summed E-state index contributed by atoms with van der Waals surface area (Å²) in [6.07, 6.45) is 3.65. The second kappa shape index (κ2) is 8.93. The predicted molar refractivity (Wildman–Crippen MR) is 134 cm³/mol. The van der Waals surface area contributed by atoms with E-state index in [1.165, 1.54) is 12.1 Å². The fourth-order valence-corrected chi connectivity index (χ4v) is 5.13. The minimum atomic E-state index is -0.754. The fourth-order valence-electron chi connectivity index (χ4n) is 4.11. The van der Waals surface area contributed by atoms with Gasteiger partial charge in [0.15, 0.2) is 6.04 Å². The highest BCUT2D eigenvalue weighted by Crippen LogP contribution is 2.42.